The molecular formula is C25H34O4S. The van der Waals surface area contributed by atoms with E-state index in [1.165, 1.54) is 12.0 Å². The molecule has 30 heavy (non-hydrogen) atoms. The van der Waals surface area contributed by atoms with Gasteiger partial charge in [-0.25, -0.2) is 0 Å². The summed E-state index contributed by atoms with van der Waals surface area (Å²) in [4.78, 5) is 24.5. The fraction of sp³-hybridized carbons (Fsp3) is 0.840. The van der Waals surface area contributed by atoms with Crippen LogP contribution < -0.4 is 0 Å². The molecule has 2 unspecified atom stereocenters. The predicted molar refractivity (Wildman–Crippen MR) is 116 cm³/mol. The van der Waals surface area contributed by atoms with Gasteiger partial charge in [-0.3, -0.25) is 9.59 Å². The molecule has 0 amide bonds. The number of carbonyl (C=O) groups excluding carboxylic acids is 2. The van der Waals surface area contributed by atoms with Crippen LogP contribution in [0.5, 0.6) is 0 Å². The third-order valence-electron chi connectivity index (χ3n) is 10.2. The normalized spacial score (nSPS) is 53.5. The molecule has 2 aliphatic heterocycles. The van der Waals surface area contributed by atoms with E-state index in [0.717, 1.165) is 44.3 Å². The molecule has 0 aromatic carbocycles. The van der Waals surface area contributed by atoms with Gasteiger partial charge in [0, 0.05) is 34.8 Å². The summed E-state index contributed by atoms with van der Waals surface area (Å²) in [6.07, 6.45) is 10.6. The second-order valence-corrected chi connectivity index (χ2v) is 12.6. The van der Waals surface area contributed by atoms with Crippen molar-refractivity contribution in [3.63, 3.8) is 0 Å². The van der Waals surface area contributed by atoms with E-state index in [2.05, 4.69) is 32.5 Å². The number of ketones is 1. The molecule has 6 rings (SSSR count). The van der Waals surface area contributed by atoms with Gasteiger partial charge in [0.1, 0.15) is 11.2 Å². The highest BCUT2D eigenvalue weighted by atomic mass is 32.2. The average molecular weight is 431 g/mol. The van der Waals surface area contributed by atoms with Crippen molar-refractivity contribution in [3.05, 3.63) is 11.6 Å². The lowest BCUT2D eigenvalue weighted by Gasteiger charge is -2.59. The van der Waals surface area contributed by atoms with Crippen molar-refractivity contribution < 1.29 is 19.1 Å². The Bertz CT molecular complexity index is 852. The van der Waals surface area contributed by atoms with Crippen molar-refractivity contribution in [2.24, 2.45) is 22.7 Å². The van der Waals surface area contributed by atoms with Crippen molar-refractivity contribution in [2.75, 3.05) is 5.75 Å². The molecule has 2 spiro atoms. The maximum atomic E-state index is 12.3. The summed E-state index contributed by atoms with van der Waals surface area (Å²) >= 11 is 2.10. The number of ether oxygens (including phenoxy) is 2. The summed E-state index contributed by atoms with van der Waals surface area (Å²) in [5.41, 5.74) is 0.980. The van der Waals surface area contributed by atoms with E-state index < -0.39 is 0 Å². The molecule has 0 aromatic rings. The summed E-state index contributed by atoms with van der Waals surface area (Å²) in [6.45, 7) is 7.06. The summed E-state index contributed by atoms with van der Waals surface area (Å²) in [5.74, 6) is 2.48. The highest BCUT2D eigenvalue weighted by Crippen LogP contribution is 2.78. The Morgan fingerprint density at radius 2 is 2.00 bits per heavy atom. The predicted octanol–water partition coefficient (Wildman–Crippen LogP) is 4.85. The smallest absolute Gasteiger partial charge is 0.306 e. The van der Waals surface area contributed by atoms with Crippen LogP contribution in [-0.4, -0.2) is 40.1 Å². The van der Waals surface area contributed by atoms with Crippen LogP contribution in [0, 0.1) is 22.7 Å². The number of fused-ring (bicyclic) bond motifs is 4. The molecule has 3 saturated carbocycles. The molecule has 0 bridgehead atoms. The van der Waals surface area contributed by atoms with Crippen LogP contribution in [0.25, 0.3) is 0 Å². The number of hydrogen-bond donors (Lipinski definition) is 0. The Hall–Kier alpha value is -0.810. The van der Waals surface area contributed by atoms with E-state index in [9.17, 15) is 9.59 Å². The zero-order valence-electron chi connectivity index (χ0n) is 18.5. The Kier molecular flexibility index (Phi) is 4.07. The number of thioether (sulfide) groups is 1. The Labute approximate surface area is 183 Å². The van der Waals surface area contributed by atoms with Gasteiger partial charge in [-0.15, -0.1) is 0 Å². The van der Waals surface area contributed by atoms with E-state index in [-0.39, 0.29) is 34.1 Å². The lowest BCUT2D eigenvalue weighted by molar-refractivity contribution is -0.164. The largest absolute Gasteiger partial charge is 0.458 e. The first kappa shape index (κ1) is 19.8. The van der Waals surface area contributed by atoms with Gasteiger partial charge in [0.25, 0.3) is 0 Å². The lowest BCUT2D eigenvalue weighted by Crippen LogP contribution is -2.63. The van der Waals surface area contributed by atoms with Gasteiger partial charge in [0.15, 0.2) is 5.78 Å². The molecule has 6 aliphatic rings. The topological polar surface area (TPSA) is 55.9 Å². The maximum absolute atomic E-state index is 12.3. The van der Waals surface area contributed by atoms with Crippen molar-refractivity contribution in [1.29, 1.82) is 0 Å². The third kappa shape index (κ3) is 2.19. The quantitative estimate of drug-likeness (QED) is 0.473. The molecule has 164 valence electrons. The van der Waals surface area contributed by atoms with Gasteiger partial charge in [-0.2, -0.15) is 11.8 Å². The maximum Gasteiger partial charge on any atom is 0.306 e. The molecule has 2 heterocycles. The van der Waals surface area contributed by atoms with Crippen LogP contribution in [0.1, 0.15) is 78.6 Å². The fourth-order valence-corrected chi connectivity index (χ4v) is 10.1. The van der Waals surface area contributed by atoms with Crippen molar-refractivity contribution in [2.45, 2.75) is 101 Å². The molecule has 4 nitrogen and oxygen atoms in total. The first-order valence-electron chi connectivity index (χ1n) is 12.0. The van der Waals surface area contributed by atoms with Crippen LogP contribution in [0.4, 0.5) is 0 Å². The van der Waals surface area contributed by atoms with Crippen LogP contribution in [0.2, 0.25) is 0 Å². The Morgan fingerprint density at radius 3 is 2.73 bits per heavy atom. The van der Waals surface area contributed by atoms with Crippen molar-refractivity contribution in [3.8, 4) is 0 Å². The number of hydrogen-bond acceptors (Lipinski definition) is 5. The standard InChI is InChI=1S/C25H34O4S/c1-4-11-30-18-13-15-12-16(26)5-8-22(15,2)25-19(28-25)14-23(3)17(21(18)25)6-9-24(23)10-7-20(27)29-24/h12,17-19,21H,4-11,13-14H2,1-3H3/t17?,18-,19-,21?,22+,23+,24-,25-/m1/s1. The first-order valence-corrected chi connectivity index (χ1v) is 13.1. The molecule has 5 fully saturated rings. The molecular weight excluding hydrogens is 396 g/mol. The van der Waals surface area contributed by atoms with Crippen LogP contribution in [-0.2, 0) is 19.1 Å². The van der Waals surface area contributed by atoms with Crippen molar-refractivity contribution in [1.82, 2.24) is 0 Å². The zero-order valence-corrected chi connectivity index (χ0v) is 19.3. The number of rotatable bonds is 3. The third-order valence-corrected chi connectivity index (χ3v) is 11.7. The van der Waals surface area contributed by atoms with Gasteiger partial charge >= 0.3 is 5.97 Å². The minimum absolute atomic E-state index is 0.00560. The fourth-order valence-electron chi connectivity index (χ4n) is 8.67. The second kappa shape index (κ2) is 6.15. The molecule has 0 N–H and O–H groups in total. The van der Waals surface area contributed by atoms with Crippen molar-refractivity contribution >= 4 is 23.5 Å². The number of epoxide rings is 1. The van der Waals surface area contributed by atoms with Gasteiger partial charge in [-0.05, 0) is 62.7 Å². The SMILES string of the molecule is CCCS[C@@H]1CC2=CC(=O)CC[C@]2(C)[C@@]23O[C@@H]2C[C@@]2(C)C(CC[C@@]24CCC(=O)O4)C13. The Balaban J connectivity index is 1.45. The van der Waals surface area contributed by atoms with Crippen LogP contribution in [0.15, 0.2) is 11.6 Å². The summed E-state index contributed by atoms with van der Waals surface area (Å²) in [7, 11) is 0. The molecule has 8 atom stereocenters. The molecule has 0 aromatic heterocycles. The van der Waals surface area contributed by atoms with Gasteiger partial charge in [0.05, 0.1) is 6.10 Å². The summed E-state index contributed by atoms with van der Waals surface area (Å²) in [5, 5.41) is 0.497. The van der Waals surface area contributed by atoms with E-state index in [1.54, 1.807) is 0 Å². The molecule has 0 radical (unpaired) electrons. The summed E-state index contributed by atoms with van der Waals surface area (Å²) < 4.78 is 12.9. The second-order valence-electron chi connectivity index (χ2n) is 11.2. The molecule has 4 aliphatic carbocycles. The van der Waals surface area contributed by atoms with Gasteiger partial charge in [0.2, 0.25) is 0 Å². The monoisotopic (exact) mass is 430 g/mol. The highest BCUT2D eigenvalue weighted by molar-refractivity contribution is 7.99. The number of esters is 1. The van der Waals surface area contributed by atoms with E-state index >= 15 is 0 Å². The molecule has 5 heteroatoms. The molecule has 2 saturated heterocycles. The number of carbonyl (C=O) groups is 2. The minimum atomic E-state index is -0.271. The van der Waals surface area contributed by atoms with Crippen LogP contribution >= 0.6 is 11.8 Å². The van der Waals surface area contributed by atoms with E-state index in [0.29, 0.717) is 35.7 Å². The van der Waals surface area contributed by atoms with E-state index in [4.69, 9.17) is 9.47 Å². The lowest BCUT2D eigenvalue weighted by atomic mass is 9.46. The first-order chi connectivity index (χ1) is 14.3. The zero-order chi connectivity index (χ0) is 20.9. The Morgan fingerprint density at radius 1 is 1.17 bits per heavy atom. The average Bonchev–Trinajstić information content (AvgIpc) is 3.19. The summed E-state index contributed by atoms with van der Waals surface area (Å²) in [6, 6.07) is 0. The van der Waals surface area contributed by atoms with E-state index in [1.807, 2.05) is 6.08 Å². The highest BCUT2D eigenvalue weighted by Gasteiger charge is 2.82. The van der Waals surface area contributed by atoms with Gasteiger partial charge < -0.3 is 9.47 Å². The van der Waals surface area contributed by atoms with Crippen LogP contribution in [0.3, 0.4) is 0 Å². The minimum Gasteiger partial charge on any atom is -0.458 e. The van der Waals surface area contributed by atoms with Gasteiger partial charge in [-0.1, -0.05) is 26.3 Å².